The van der Waals surface area contributed by atoms with Crippen LogP contribution in [0.3, 0.4) is 0 Å². The van der Waals surface area contributed by atoms with Crippen LogP contribution in [0.2, 0.25) is 0 Å². The third-order valence-electron chi connectivity index (χ3n) is 5.13. The van der Waals surface area contributed by atoms with E-state index in [1.54, 1.807) is 0 Å². The van der Waals surface area contributed by atoms with E-state index in [1.165, 1.54) is 45.1 Å². The van der Waals surface area contributed by atoms with Gasteiger partial charge in [-0.25, -0.2) is 4.98 Å². The van der Waals surface area contributed by atoms with Gasteiger partial charge in [-0.15, -0.1) is 0 Å². The zero-order valence-corrected chi connectivity index (χ0v) is 13.9. The summed E-state index contributed by atoms with van der Waals surface area (Å²) in [5.74, 6) is 1.13. The van der Waals surface area contributed by atoms with Gasteiger partial charge in [0.1, 0.15) is 5.82 Å². The Kier molecular flexibility index (Phi) is 5.07. The van der Waals surface area contributed by atoms with E-state index >= 15 is 0 Å². The number of hydrogen-bond acceptors (Lipinski definition) is 4. The largest absolute Gasteiger partial charge is 0.357 e. The third-order valence-corrected chi connectivity index (χ3v) is 6.55. The Morgan fingerprint density at radius 3 is 2.67 bits per heavy atom. The van der Waals surface area contributed by atoms with Crippen LogP contribution in [-0.4, -0.2) is 41.7 Å². The molecule has 1 aliphatic heterocycles. The number of piperidine rings is 1. The van der Waals surface area contributed by atoms with Gasteiger partial charge >= 0.3 is 0 Å². The van der Waals surface area contributed by atoms with Gasteiger partial charge in [0.15, 0.2) is 0 Å². The predicted molar refractivity (Wildman–Crippen MR) is 92.2 cm³/mol. The molecular weight excluding hydrogens is 278 g/mol. The minimum absolute atomic E-state index is 0.526. The molecule has 4 heteroatoms. The van der Waals surface area contributed by atoms with Gasteiger partial charge < -0.3 is 10.2 Å². The lowest BCUT2D eigenvalue weighted by molar-refractivity contribution is 0.390. The molecule has 0 radical (unpaired) electrons. The number of anilines is 1. The molecule has 0 bridgehead atoms. The van der Waals surface area contributed by atoms with Gasteiger partial charge in [0, 0.05) is 36.6 Å². The molecule has 1 saturated carbocycles. The van der Waals surface area contributed by atoms with Gasteiger partial charge in [-0.05, 0) is 44.1 Å². The van der Waals surface area contributed by atoms with E-state index in [0.717, 1.165) is 18.9 Å². The Labute approximate surface area is 132 Å². The Bertz CT molecular complexity index is 423. The molecule has 2 fully saturated rings. The summed E-state index contributed by atoms with van der Waals surface area (Å²) >= 11 is 2.08. The first-order chi connectivity index (χ1) is 10.3. The summed E-state index contributed by atoms with van der Waals surface area (Å²) < 4.78 is 0.526. The molecule has 1 aromatic heterocycles. The molecule has 1 aliphatic carbocycles. The molecule has 1 aromatic rings. The second-order valence-electron chi connectivity index (χ2n) is 6.42. The highest BCUT2D eigenvalue weighted by Gasteiger charge is 2.33. The molecule has 0 amide bonds. The van der Waals surface area contributed by atoms with Gasteiger partial charge in [0.25, 0.3) is 0 Å². The highest BCUT2D eigenvalue weighted by Crippen LogP contribution is 2.39. The van der Waals surface area contributed by atoms with Crippen LogP contribution in [-0.2, 0) is 0 Å². The fraction of sp³-hybridized carbons (Fsp3) is 0.706. The van der Waals surface area contributed by atoms with Crippen molar-refractivity contribution in [3.05, 3.63) is 24.4 Å². The van der Waals surface area contributed by atoms with Crippen LogP contribution in [0.5, 0.6) is 0 Å². The van der Waals surface area contributed by atoms with E-state index in [9.17, 15) is 0 Å². The second kappa shape index (κ2) is 7.01. The predicted octanol–water partition coefficient (Wildman–Crippen LogP) is 3.32. The molecular formula is C17H27N3S. The zero-order chi connectivity index (χ0) is 14.5. The molecule has 3 rings (SSSR count). The summed E-state index contributed by atoms with van der Waals surface area (Å²) in [6, 6.07) is 6.88. The summed E-state index contributed by atoms with van der Waals surface area (Å²) in [6.07, 6.45) is 12.3. The molecule has 3 nitrogen and oxygen atoms in total. The molecule has 0 aromatic carbocycles. The SMILES string of the molecule is CSC1(CNC2CCN(c3ccccn3)CC2)CCCC1. The Hall–Kier alpha value is -0.740. The van der Waals surface area contributed by atoms with Crippen LogP contribution in [0.1, 0.15) is 38.5 Å². The van der Waals surface area contributed by atoms with Crippen LogP contribution in [0.4, 0.5) is 5.82 Å². The van der Waals surface area contributed by atoms with Gasteiger partial charge in [-0.1, -0.05) is 18.9 Å². The van der Waals surface area contributed by atoms with E-state index in [4.69, 9.17) is 0 Å². The van der Waals surface area contributed by atoms with Crippen molar-refractivity contribution in [3.8, 4) is 0 Å². The maximum absolute atomic E-state index is 4.46. The van der Waals surface area contributed by atoms with Gasteiger partial charge in [-0.3, -0.25) is 0 Å². The standard InChI is InChI=1S/C17H27N3S/c1-21-17(9-3-4-10-17)14-19-15-7-12-20(13-8-15)16-6-2-5-11-18-16/h2,5-6,11,15,19H,3-4,7-10,12-14H2,1H3. The summed E-state index contributed by atoms with van der Waals surface area (Å²) in [5.41, 5.74) is 0. The van der Waals surface area contributed by atoms with Crippen molar-refractivity contribution in [2.24, 2.45) is 0 Å². The van der Waals surface area contributed by atoms with Gasteiger partial charge in [0.2, 0.25) is 0 Å². The average molecular weight is 305 g/mol. The number of nitrogens with zero attached hydrogens (tertiary/aromatic N) is 2. The number of thioether (sulfide) groups is 1. The summed E-state index contributed by atoms with van der Waals surface area (Å²) in [6.45, 7) is 3.45. The topological polar surface area (TPSA) is 28.2 Å². The molecule has 0 unspecified atom stereocenters. The number of hydrogen-bond donors (Lipinski definition) is 1. The third kappa shape index (κ3) is 3.72. The Balaban J connectivity index is 1.46. The first-order valence-electron chi connectivity index (χ1n) is 8.26. The maximum Gasteiger partial charge on any atom is 0.128 e. The molecule has 0 spiro atoms. The van der Waals surface area contributed by atoms with E-state index in [2.05, 4.69) is 45.4 Å². The number of aromatic nitrogens is 1. The fourth-order valence-corrected chi connectivity index (χ4v) is 4.58. The van der Waals surface area contributed by atoms with Crippen molar-refractivity contribution in [2.75, 3.05) is 30.8 Å². The molecule has 0 atom stereocenters. The van der Waals surface area contributed by atoms with Crippen molar-refractivity contribution in [2.45, 2.75) is 49.3 Å². The summed E-state index contributed by atoms with van der Waals surface area (Å²) in [4.78, 5) is 6.88. The van der Waals surface area contributed by atoms with E-state index in [0.29, 0.717) is 10.8 Å². The zero-order valence-electron chi connectivity index (χ0n) is 13.1. The number of pyridine rings is 1. The van der Waals surface area contributed by atoms with Crippen molar-refractivity contribution in [1.82, 2.24) is 10.3 Å². The van der Waals surface area contributed by atoms with Crippen LogP contribution >= 0.6 is 11.8 Å². The molecule has 2 heterocycles. The van der Waals surface area contributed by atoms with Gasteiger partial charge in [0.05, 0.1) is 0 Å². The monoisotopic (exact) mass is 305 g/mol. The fourth-order valence-electron chi connectivity index (χ4n) is 3.66. The second-order valence-corrected chi connectivity index (χ2v) is 7.70. The number of rotatable bonds is 5. The molecule has 21 heavy (non-hydrogen) atoms. The van der Waals surface area contributed by atoms with Crippen LogP contribution in [0.15, 0.2) is 24.4 Å². The molecule has 1 N–H and O–H groups in total. The molecule has 1 saturated heterocycles. The lowest BCUT2D eigenvalue weighted by Crippen LogP contribution is -2.47. The Morgan fingerprint density at radius 2 is 2.05 bits per heavy atom. The first kappa shape index (κ1) is 15.2. The van der Waals surface area contributed by atoms with Crippen LogP contribution in [0.25, 0.3) is 0 Å². The van der Waals surface area contributed by atoms with Crippen LogP contribution < -0.4 is 10.2 Å². The minimum atomic E-state index is 0.526. The van der Waals surface area contributed by atoms with E-state index in [1.807, 2.05) is 12.3 Å². The van der Waals surface area contributed by atoms with Crippen molar-refractivity contribution in [3.63, 3.8) is 0 Å². The summed E-state index contributed by atoms with van der Waals surface area (Å²) in [7, 11) is 0. The minimum Gasteiger partial charge on any atom is -0.357 e. The molecule has 116 valence electrons. The quantitative estimate of drug-likeness (QED) is 0.903. The van der Waals surface area contributed by atoms with E-state index in [-0.39, 0.29) is 0 Å². The number of nitrogens with one attached hydrogen (secondary N) is 1. The normalized spacial score (nSPS) is 22.6. The lowest BCUT2D eigenvalue weighted by atomic mass is 10.0. The van der Waals surface area contributed by atoms with Crippen molar-refractivity contribution >= 4 is 17.6 Å². The molecule has 2 aliphatic rings. The maximum atomic E-state index is 4.46. The van der Waals surface area contributed by atoms with Crippen LogP contribution in [0, 0.1) is 0 Å². The Morgan fingerprint density at radius 1 is 1.29 bits per heavy atom. The summed E-state index contributed by atoms with van der Waals surface area (Å²) in [5, 5.41) is 3.86. The lowest BCUT2D eigenvalue weighted by Gasteiger charge is -2.35. The highest BCUT2D eigenvalue weighted by molar-refractivity contribution is 8.00. The first-order valence-corrected chi connectivity index (χ1v) is 9.48. The van der Waals surface area contributed by atoms with Gasteiger partial charge in [-0.2, -0.15) is 11.8 Å². The van der Waals surface area contributed by atoms with E-state index < -0.39 is 0 Å². The highest BCUT2D eigenvalue weighted by atomic mass is 32.2. The smallest absolute Gasteiger partial charge is 0.128 e. The average Bonchev–Trinajstić information content (AvgIpc) is 3.04. The van der Waals surface area contributed by atoms with Crippen molar-refractivity contribution < 1.29 is 0 Å². The van der Waals surface area contributed by atoms with Crippen molar-refractivity contribution in [1.29, 1.82) is 0 Å².